The van der Waals surface area contributed by atoms with Crippen molar-refractivity contribution in [2.45, 2.75) is 58.3 Å². The Morgan fingerprint density at radius 2 is 1.83 bits per heavy atom. The summed E-state index contributed by atoms with van der Waals surface area (Å²) in [5.41, 5.74) is 0.641. The summed E-state index contributed by atoms with van der Waals surface area (Å²) in [5, 5.41) is 7.90. The Morgan fingerprint density at radius 1 is 1.07 bits per heavy atom. The number of rotatable bonds is 9. The number of hydrogen-bond acceptors (Lipinski definition) is 9. The van der Waals surface area contributed by atoms with Gasteiger partial charge in [0.05, 0.1) is 6.61 Å². The molecule has 0 spiro atoms. The zero-order chi connectivity index (χ0) is 20.7. The third-order valence-electron chi connectivity index (χ3n) is 4.10. The molecule has 0 unspecified atom stereocenters. The molecule has 0 aliphatic rings. The fraction of sp³-hybridized carbons (Fsp3) is 0.500. The Kier molecular flexibility index (Phi) is 6.69. The standard InChI is InChI=1S/C20H25N5O4/c1-20(2,3)19-23-16(29-25-19)8-4-10-17(26)27-12-6-9-15-22-18(24-28-15)14-7-5-11-21-13-14/h5,7,11,13H,4,6,8-10,12H2,1-3H3. The minimum Gasteiger partial charge on any atom is -0.466 e. The molecule has 0 aliphatic heterocycles. The highest BCUT2D eigenvalue weighted by atomic mass is 16.5. The van der Waals surface area contributed by atoms with Gasteiger partial charge in [-0.05, 0) is 25.0 Å². The molecule has 3 aromatic rings. The molecule has 0 radical (unpaired) electrons. The van der Waals surface area contributed by atoms with Crippen molar-refractivity contribution in [1.29, 1.82) is 0 Å². The van der Waals surface area contributed by atoms with Crippen LogP contribution in [-0.2, 0) is 27.8 Å². The summed E-state index contributed by atoms with van der Waals surface area (Å²) in [7, 11) is 0. The normalized spacial score (nSPS) is 11.6. The third kappa shape index (κ3) is 6.20. The maximum Gasteiger partial charge on any atom is 0.305 e. The highest BCUT2D eigenvalue weighted by Crippen LogP contribution is 2.19. The first-order valence-electron chi connectivity index (χ1n) is 9.63. The van der Waals surface area contributed by atoms with Gasteiger partial charge in [-0.15, -0.1) is 0 Å². The van der Waals surface area contributed by atoms with Gasteiger partial charge in [-0.2, -0.15) is 9.97 Å². The van der Waals surface area contributed by atoms with Gasteiger partial charge in [0.15, 0.2) is 5.82 Å². The molecule has 0 bridgehead atoms. The highest BCUT2D eigenvalue weighted by Gasteiger charge is 2.20. The van der Waals surface area contributed by atoms with Crippen LogP contribution < -0.4 is 0 Å². The lowest BCUT2D eigenvalue weighted by molar-refractivity contribution is -0.143. The molecule has 3 aromatic heterocycles. The molecule has 0 saturated heterocycles. The van der Waals surface area contributed by atoms with Crippen LogP contribution in [0.4, 0.5) is 0 Å². The largest absolute Gasteiger partial charge is 0.466 e. The highest BCUT2D eigenvalue weighted by molar-refractivity contribution is 5.69. The van der Waals surface area contributed by atoms with Crippen molar-refractivity contribution in [1.82, 2.24) is 25.3 Å². The minimum absolute atomic E-state index is 0.155. The Balaban J connectivity index is 1.31. The summed E-state index contributed by atoms with van der Waals surface area (Å²) in [6.45, 7) is 6.37. The molecule has 9 nitrogen and oxygen atoms in total. The maximum absolute atomic E-state index is 11.9. The summed E-state index contributed by atoms with van der Waals surface area (Å²) in [5.74, 6) is 1.97. The van der Waals surface area contributed by atoms with Crippen LogP contribution in [0, 0.1) is 0 Å². The first-order valence-corrected chi connectivity index (χ1v) is 9.63. The van der Waals surface area contributed by atoms with Crippen LogP contribution in [-0.4, -0.2) is 37.8 Å². The van der Waals surface area contributed by atoms with E-state index in [1.54, 1.807) is 12.4 Å². The molecule has 0 atom stereocenters. The van der Waals surface area contributed by atoms with E-state index in [2.05, 4.69) is 25.3 Å². The lowest BCUT2D eigenvalue weighted by Gasteiger charge is -2.10. The molecule has 0 amide bonds. The number of aromatic nitrogens is 5. The van der Waals surface area contributed by atoms with Gasteiger partial charge in [-0.3, -0.25) is 9.78 Å². The summed E-state index contributed by atoms with van der Waals surface area (Å²) in [6, 6.07) is 3.68. The molecule has 0 saturated carbocycles. The minimum atomic E-state index is -0.248. The van der Waals surface area contributed by atoms with E-state index in [9.17, 15) is 4.79 Å². The van der Waals surface area contributed by atoms with E-state index in [0.717, 1.165) is 5.56 Å². The van der Waals surface area contributed by atoms with Crippen LogP contribution in [0.5, 0.6) is 0 Å². The number of ether oxygens (including phenoxy) is 1. The number of nitrogens with zero attached hydrogens (tertiary/aromatic N) is 5. The summed E-state index contributed by atoms with van der Waals surface area (Å²) in [6.07, 6.45) is 5.97. The predicted molar refractivity (Wildman–Crippen MR) is 103 cm³/mol. The third-order valence-corrected chi connectivity index (χ3v) is 4.10. The van der Waals surface area contributed by atoms with Crippen LogP contribution in [0.15, 0.2) is 33.6 Å². The van der Waals surface area contributed by atoms with Crippen molar-refractivity contribution in [3.05, 3.63) is 42.1 Å². The second-order valence-corrected chi connectivity index (χ2v) is 7.69. The average molecular weight is 399 g/mol. The van der Waals surface area contributed by atoms with E-state index < -0.39 is 0 Å². The van der Waals surface area contributed by atoms with Gasteiger partial charge >= 0.3 is 5.97 Å². The quantitative estimate of drug-likeness (QED) is 0.394. The van der Waals surface area contributed by atoms with Crippen molar-refractivity contribution in [3.8, 4) is 11.4 Å². The topological polar surface area (TPSA) is 117 Å². The zero-order valence-corrected chi connectivity index (χ0v) is 16.9. The molecule has 9 heteroatoms. The molecule has 3 rings (SSSR count). The number of pyridine rings is 1. The van der Waals surface area contributed by atoms with E-state index in [4.69, 9.17) is 13.8 Å². The molecular weight excluding hydrogens is 374 g/mol. The molecule has 3 heterocycles. The molecule has 0 aliphatic carbocycles. The van der Waals surface area contributed by atoms with Crippen LogP contribution in [0.2, 0.25) is 0 Å². The van der Waals surface area contributed by atoms with Crippen LogP contribution in [0.25, 0.3) is 11.4 Å². The van der Waals surface area contributed by atoms with Crippen molar-refractivity contribution in [2.24, 2.45) is 0 Å². The number of carbonyl (C=O) groups excluding carboxylic acids is 1. The first kappa shape index (κ1) is 20.6. The fourth-order valence-electron chi connectivity index (χ4n) is 2.50. The smallest absolute Gasteiger partial charge is 0.305 e. The van der Waals surface area contributed by atoms with E-state index in [1.807, 2.05) is 32.9 Å². The zero-order valence-electron chi connectivity index (χ0n) is 16.9. The van der Waals surface area contributed by atoms with Gasteiger partial charge in [-0.25, -0.2) is 0 Å². The van der Waals surface area contributed by atoms with Crippen LogP contribution in [0.3, 0.4) is 0 Å². The Morgan fingerprint density at radius 3 is 2.55 bits per heavy atom. The summed E-state index contributed by atoms with van der Waals surface area (Å²) < 4.78 is 15.7. The monoisotopic (exact) mass is 399 g/mol. The number of aryl methyl sites for hydroxylation is 2. The van der Waals surface area contributed by atoms with Gasteiger partial charge in [0.2, 0.25) is 17.6 Å². The average Bonchev–Trinajstić information content (AvgIpc) is 3.35. The number of hydrogen-bond donors (Lipinski definition) is 0. The first-order chi connectivity index (χ1) is 13.9. The fourth-order valence-corrected chi connectivity index (χ4v) is 2.50. The lowest BCUT2D eigenvalue weighted by atomic mass is 9.96. The predicted octanol–water partition coefficient (Wildman–Crippen LogP) is 3.31. The molecule has 0 N–H and O–H groups in total. The van der Waals surface area contributed by atoms with Gasteiger partial charge in [0.1, 0.15) is 0 Å². The van der Waals surface area contributed by atoms with E-state index in [-0.39, 0.29) is 11.4 Å². The van der Waals surface area contributed by atoms with Gasteiger partial charge < -0.3 is 13.8 Å². The van der Waals surface area contributed by atoms with Crippen molar-refractivity contribution < 1.29 is 18.6 Å². The Hall–Kier alpha value is -3.10. The number of esters is 1. The molecule has 29 heavy (non-hydrogen) atoms. The molecular formula is C20H25N5O4. The SMILES string of the molecule is CC(C)(C)c1noc(CCCC(=O)OCCCc2nc(-c3cccnc3)no2)n1. The Labute approximate surface area is 168 Å². The molecule has 0 aromatic carbocycles. The van der Waals surface area contributed by atoms with Crippen molar-refractivity contribution in [3.63, 3.8) is 0 Å². The van der Waals surface area contributed by atoms with Crippen molar-refractivity contribution >= 4 is 5.97 Å². The summed E-state index contributed by atoms with van der Waals surface area (Å²) in [4.78, 5) is 24.6. The Bertz CT molecular complexity index is 914. The second kappa shape index (κ2) is 9.40. The lowest BCUT2D eigenvalue weighted by Crippen LogP contribution is -2.13. The summed E-state index contributed by atoms with van der Waals surface area (Å²) >= 11 is 0. The van der Waals surface area contributed by atoms with Crippen LogP contribution >= 0.6 is 0 Å². The number of carbonyl (C=O) groups is 1. The van der Waals surface area contributed by atoms with Crippen molar-refractivity contribution in [2.75, 3.05) is 6.61 Å². The molecule has 0 fully saturated rings. The van der Waals surface area contributed by atoms with Gasteiger partial charge in [0, 0.05) is 42.6 Å². The second-order valence-electron chi connectivity index (χ2n) is 7.69. The van der Waals surface area contributed by atoms with E-state index in [1.165, 1.54) is 0 Å². The van der Waals surface area contributed by atoms with Gasteiger partial charge in [0.25, 0.3) is 0 Å². The maximum atomic E-state index is 11.9. The van der Waals surface area contributed by atoms with Gasteiger partial charge in [-0.1, -0.05) is 31.1 Å². The van der Waals surface area contributed by atoms with E-state index >= 15 is 0 Å². The molecule has 154 valence electrons. The van der Waals surface area contributed by atoms with Crippen LogP contribution in [0.1, 0.15) is 57.6 Å². The van der Waals surface area contributed by atoms with E-state index in [0.29, 0.717) is 62.1 Å².